The number of fused-ring (bicyclic) bond motifs is 1. The van der Waals surface area contributed by atoms with Crippen LogP contribution in [-0.2, 0) is 26.2 Å². The lowest BCUT2D eigenvalue weighted by Crippen LogP contribution is -2.51. The number of nitrogens with one attached hydrogen (secondary N) is 1. The van der Waals surface area contributed by atoms with Crippen molar-refractivity contribution in [2.75, 3.05) is 36.4 Å². The van der Waals surface area contributed by atoms with Gasteiger partial charge in [-0.15, -0.1) is 0 Å². The Morgan fingerprint density at radius 2 is 1.70 bits per heavy atom. The van der Waals surface area contributed by atoms with Gasteiger partial charge in [0.2, 0.25) is 21.8 Å². The second-order valence-corrected chi connectivity index (χ2v) is 11.2. The molecule has 10 heteroatoms. The fraction of sp³-hybridized carbons (Fsp3) is 0.481. The number of benzene rings is 2. The van der Waals surface area contributed by atoms with E-state index in [0.717, 1.165) is 28.3 Å². The van der Waals surface area contributed by atoms with Gasteiger partial charge in [0.25, 0.3) is 0 Å². The highest BCUT2D eigenvalue weighted by molar-refractivity contribution is 7.92. The largest absolute Gasteiger partial charge is 0.486 e. The Balaban J connectivity index is 1.91. The zero-order valence-corrected chi connectivity index (χ0v) is 22.8. The lowest BCUT2D eigenvalue weighted by atomic mass is 10.1. The van der Waals surface area contributed by atoms with Crippen molar-refractivity contribution < 1.29 is 27.5 Å². The van der Waals surface area contributed by atoms with Gasteiger partial charge in [-0.2, -0.15) is 0 Å². The molecule has 1 atom stereocenters. The molecule has 0 saturated heterocycles. The molecule has 0 radical (unpaired) electrons. The fourth-order valence-corrected chi connectivity index (χ4v) is 4.97. The third-order valence-corrected chi connectivity index (χ3v) is 8.00. The normalized spacial score (nSPS) is 13.5. The van der Waals surface area contributed by atoms with Crippen LogP contribution in [0, 0.1) is 6.92 Å². The minimum atomic E-state index is -3.82. The van der Waals surface area contributed by atoms with E-state index in [4.69, 9.17) is 9.47 Å². The Morgan fingerprint density at radius 3 is 2.35 bits per heavy atom. The van der Waals surface area contributed by atoms with Crippen LogP contribution in [0.5, 0.6) is 11.5 Å². The first-order valence-electron chi connectivity index (χ1n) is 12.7. The van der Waals surface area contributed by atoms with E-state index >= 15 is 0 Å². The third-order valence-electron chi connectivity index (χ3n) is 6.26. The molecule has 0 bridgehead atoms. The fourth-order valence-electron chi connectivity index (χ4n) is 3.92. The molecule has 0 unspecified atom stereocenters. The summed E-state index contributed by atoms with van der Waals surface area (Å²) in [6.45, 7) is 8.19. The molecule has 37 heavy (non-hydrogen) atoms. The molecular weight excluding hydrogens is 494 g/mol. The summed E-state index contributed by atoms with van der Waals surface area (Å²) in [4.78, 5) is 28.1. The predicted octanol–water partition coefficient (Wildman–Crippen LogP) is 3.26. The van der Waals surface area contributed by atoms with Crippen molar-refractivity contribution in [3.05, 3.63) is 53.6 Å². The van der Waals surface area contributed by atoms with Crippen LogP contribution in [0.3, 0.4) is 0 Å². The lowest BCUT2D eigenvalue weighted by Gasteiger charge is -2.32. The van der Waals surface area contributed by atoms with Gasteiger partial charge in [0.15, 0.2) is 11.5 Å². The smallest absolute Gasteiger partial charge is 0.244 e. The molecule has 1 aliphatic heterocycles. The maximum Gasteiger partial charge on any atom is 0.244 e. The van der Waals surface area contributed by atoms with E-state index in [0.29, 0.717) is 36.9 Å². The highest BCUT2D eigenvalue weighted by Gasteiger charge is 2.31. The molecule has 1 aliphatic rings. The van der Waals surface area contributed by atoms with Crippen molar-refractivity contribution in [3.8, 4) is 11.5 Å². The minimum Gasteiger partial charge on any atom is -0.486 e. The predicted molar refractivity (Wildman–Crippen MR) is 143 cm³/mol. The van der Waals surface area contributed by atoms with Gasteiger partial charge in [0.1, 0.15) is 25.8 Å². The van der Waals surface area contributed by atoms with E-state index in [9.17, 15) is 18.0 Å². The molecule has 3 rings (SSSR count). The van der Waals surface area contributed by atoms with Crippen LogP contribution in [0.2, 0.25) is 0 Å². The maximum atomic E-state index is 13.7. The quantitative estimate of drug-likeness (QED) is 0.422. The number of ether oxygens (including phenoxy) is 2. The van der Waals surface area contributed by atoms with E-state index in [-0.39, 0.29) is 18.2 Å². The summed E-state index contributed by atoms with van der Waals surface area (Å²) in [5, 5.41) is 2.88. The number of rotatable bonds is 12. The number of carbonyl (C=O) groups excluding carboxylic acids is 2. The van der Waals surface area contributed by atoms with Crippen LogP contribution in [0.4, 0.5) is 5.69 Å². The SMILES string of the molecule is CCCCNC(=O)[C@H](C)N(Cc1ccc(C)cc1)C(=O)CN(c1ccc2c(c1)OCCO2)S(=O)(=O)CC. The highest BCUT2D eigenvalue weighted by atomic mass is 32.2. The average Bonchev–Trinajstić information content (AvgIpc) is 2.90. The Labute approximate surface area is 219 Å². The zero-order chi connectivity index (χ0) is 27.0. The highest BCUT2D eigenvalue weighted by Crippen LogP contribution is 2.35. The van der Waals surface area contributed by atoms with Gasteiger partial charge >= 0.3 is 0 Å². The second-order valence-electron chi connectivity index (χ2n) is 9.06. The topological polar surface area (TPSA) is 105 Å². The van der Waals surface area contributed by atoms with Crippen LogP contribution in [-0.4, -0.2) is 63.2 Å². The molecule has 0 aliphatic carbocycles. The monoisotopic (exact) mass is 531 g/mol. The summed E-state index contributed by atoms with van der Waals surface area (Å²) in [5.74, 6) is -0.00952. The van der Waals surface area contributed by atoms with Crippen LogP contribution in [0.1, 0.15) is 44.7 Å². The van der Waals surface area contributed by atoms with E-state index in [1.165, 1.54) is 11.8 Å². The standard InChI is InChI=1S/C27H37N3O6S/c1-5-7-14-28-27(32)21(4)29(18-22-10-8-20(3)9-11-22)26(31)19-30(37(33,34)6-2)23-12-13-24-25(17-23)36-16-15-35-24/h8-13,17,21H,5-7,14-16,18-19H2,1-4H3,(H,28,32)/t21-/m0/s1. The Morgan fingerprint density at radius 1 is 1.03 bits per heavy atom. The number of anilines is 1. The molecular formula is C27H37N3O6S. The number of amides is 2. The Kier molecular flexibility index (Phi) is 9.79. The molecule has 202 valence electrons. The number of hydrogen-bond acceptors (Lipinski definition) is 6. The number of carbonyl (C=O) groups is 2. The molecule has 9 nitrogen and oxygen atoms in total. The van der Waals surface area contributed by atoms with Crippen molar-refractivity contribution in [1.82, 2.24) is 10.2 Å². The van der Waals surface area contributed by atoms with Crippen LogP contribution < -0.4 is 19.1 Å². The van der Waals surface area contributed by atoms with Gasteiger partial charge < -0.3 is 19.7 Å². The van der Waals surface area contributed by atoms with Crippen LogP contribution in [0.15, 0.2) is 42.5 Å². The summed E-state index contributed by atoms with van der Waals surface area (Å²) >= 11 is 0. The van der Waals surface area contributed by atoms with E-state index in [1.807, 2.05) is 38.1 Å². The second kappa shape index (κ2) is 12.8. The van der Waals surface area contributed by atoms with Crippen molar-refractivity contribution in [2.45, 2.75) is 53.1 Å². The summed E-state index contributed by atoms with van der Waals surface area (Å²) in [6.07, 6.45) is 1.76. The minimum absolute atomic E-state index is 0.169. The summed E-state index contributed by atoms with van der Waals surface area (Å²) in [5.41, 5.74) is 2.22. The lowest BCUT2D eigenvalue weighted by molar-refractivity contribution is -0.139. The number of unbranched alkanes of at least 4 members (excludes halogenated alkanes) is 1. The van der Waals surface area contributed by atoms with Crippen molar-refractivity contribution in [2.24, 2.45) is 0 Å². The molecule has 1 heterocycles. The first-order valence-corrected chi connectivity index (χ1v) is 14.3. The molecule has 0 saturated carbocycles. The van der Waals surface area contributed by atoms with Crippen molar-refractivity contribution in [3.63, 3.8) is 0 Å². The molecule has 0 fully saturated rings. The average molecular weight is 532 g/mol. The van der Waals surface area contributed by atoms with E-state index in [2.05, 4.69) is 5.32 Å². The number of aryl methyl sites for hydroxylation is 1. The first kappa shape index (κ1) is 28.3. The maximum absolute atomic E-state index is 13.7. The summed E-state index contributed by atoms with van der Waals surface area (Å²) in [7, 11) is -3.82. The third kappa shape index (κ3) is 7.38. The van der Waals surface area contributed by atoms with Gasteiger partial charge in [0.05, 0.1) is 11.4 Å². The van der Waals surface area contributed by atoms with Gasteiger partial charge in [-0.25, -0.2) is 8.42 Å². The summed E-state index contributed by atoms with van der Waals surface area (Å²) < 4.78 is 38.5. The molecule has 2 aromatic rings. The van der Waals surface area contributed by atoms with Gasteiger partial charge in [0, 0.05) is 19.2 Å². The van der Waals surface area contributed by atoms with Gasteiger partial charge in [-0.1, -0.05) is 43.2 Å². The molecule has 2 aromatic carbocycles. The molecule has 2 amide bonds. The van der Waals surface area contributed by atoms with E-state index in [1.54, 1.807) is 25.1 Å². The van der Waals surface area contributed by atoms with Gasteiger partial charge in [-0.05, 0) is 44.9 Å². The number of sulfonamides is 1. The number of nitrogens with zero attached hydrogens (tertiary/aromatic N) is 2. The van der Waals surface area contributed by atoms with Crippen molar-refractivity contribution >= 4 is 27.5 Å². The molecule has 1 N–H and O–H groups in total. The summed E-state index contributed by atoms with van der Waals surface area (Å²) in [6, 6.07) is 11.7. The molecule has 0 aromatic heterocycles. The Bertz CT molecular complexity index is 1180. The zero-order valence-electron chi connectivity index (χ0n) is 22.0. The van der Waals surface area contributed by atoms with E-state index < -0.39 is 28.5 Å². The van der Waals surface area contributed by atoms with Crippen LogP contribution >= 0.6 is 0 Å². The van der Waals surface area contributed by atoms with Crippen molar-refractivity contribution in [1.29, 1.82) is 0 Å². The van der Waals surface area contributed by atoms with Crippen LogP contribution in [0.25, 0.3) is 0 Å². The van der Waals surface area contributed by atoms with Gasteiger partial charge in [-0.3, -0.25) is 13.9 Å². The first-order chi connectivity index (χ1) is 17.7. The number of hydrogen-bond donors (Lipinski definition) is 1. The molecule has 0 spiro atoms. The Hall–Kier alpha value is -3.27.